The van der Waals surface area contributed by atoms with Crippen LogP contribution >= 0.6 is 11.3 Å². The van der Waals surface area contributed by atoms with Gasteiger partial charge in [0, 0.05) is 4.88 Å². The highest BCUT2D eigenvalue weighted by Gasteiger charge is 2.32. The first-order valence-corrected chi connectivity index (χ1v) is 7.50. The Morgan fingerprint density at radius 3 is 2.57 bits per heavy atom. The van der Waals surface area contributed by atoms with Crippen LogP contribution in [0.25, 0.3) is 0 Å². The van der Waals surface area contributed by atoms with Crippen molar-refractivity contribution in [2.45, 2.75) is 45.4 Å². The number of alkyl carbamates (subject to hydrolysis) is 1. The first kappa shape index (κ1) is 17.5. The van der Waals surface area contributed by atoms with E-state index in [2.05, 4.69) is 5.32 Å². The molecule has 1 amide bonds. The molecule has 7 heteroatoms. The molecule has 0 aliphatic heterocycles. The fourth-order valence-electron chi connectivity index (χ4n) is 1.57. The van der Waals surface area contributed by atoms with Crippen molar-refractivity contribution in [2.24, 2.45) is 0 Å². The van der Waals surface area contributed by atoms with Crippen molar-refractivity contribution in [2.75, 3.05) is 6.61 Å². The number of thiophene rings is 1. The SMILES string of the molecule is CCOC(=O)[C@H](O)[C@H](NC(=O)OC(C)(C)C)c1cccs1. The molecular weight excluding hydrogens is 294 g/mol. The minimum absolute atomic E-state index is 0.152. The zero-order valence-electron chi connectivity index (χ0n) is 12.6. The molecule has 2 N–H and O–H groups in total. The summed E-state index contributed by atoms with van der Waals surface area (Å²) >= 11 is 1.32. The molecule has 1 heterocycles. The number of carbonyl (C=O) groups is 2. The Labute approximate surface area is 128 Å². The quantitative estimate of drug-likeness (QED) is 0.814. The maximum atomic E-state index is 11.9. The molecule has 118 valence electrons. The van der Waals surface area contributed by atoms with E-state index in [-0.39, 0.29) is 6.61 Å². The van der Waals surface area contributed by atoms with E-state index >= 15 is 0 Å². The molecule has 0 radical (unpaired) electrons. The van der Waals surface area contributed by atoms with Crippen LogP contribution in [0, 0.1) is 0 Å². The Hall–Kier alpha value is -1.60. The summed E-state index contributed by atoms with van der Waals surface area (Å²) in [6, 6.07) is 2.58. The summed E-state index contributed by atoms with van der Waals surface area (Å²) in [4.78, 5) is 24.2. The van der Waals surface area contributed by atoms with Gasteiger partial charge in [-0.25, -0.2) is 9.59 Å². The van der Waals surface area contributed by atoms with Crippen LogP contribution in [0.4, 0.5) is 4.79 Å². The van der Waals surface area contributed by atoms with Gasteiger partial charge in [0.1, 0.15) is 11.6 Å². The maximum absolute atomic E-state index is 11.9. The Kier molecular flexibility index (Phi) is 6.17. The van der Waals surface area contributed by atoms with E-state index in [1.807, 2.05) is 0 Å². The maximum Gasteiger partial charge on any atom is 0.408 e. The van der Waals surface area contributed by atoms with Gasteiger partial charge in [0.05, 0.1) is 6.61 Å². The van der Waals surface area contributed by atoms with Crippen molar-refractivity contribution in [3.63, 3.8) is 0 Å². The largest absolute Gasteiger partial charge is 0.464 e. The number of esters is 1. The number of amides is 1. The number of hydrogen-bond acceptors (Lipinski definition) is 6. The van der Waals surface area contributed by atoms with Crippen LogP contribution in [-0.2, 0) is 14.3 Å². The highest BCUT2D eigenvalue weighted by molar-refractivity contribution is 7.10. The van der Waals surface area contributed by atoms with Crippen molar-refractivity contribution in [3.05, 3.63) is 22.4 Å². The van der Waals surface area contributed by atoms with Crippen molar-refractivity contribution >= 4 is 23.4 Å². The molecule has 0 bridgehead atoms. The van der Waals surface area contributed by atoms with E-state index in [9.17, 15) is 14.7 Å². The van der Waals surface area contributed by atoms with Crippen LogP contribution in [0.2, 0.25) is 0 Å². The van der Waals surface area contributed by atoms with Gasteiger partial charge in [0.25, 0.3) is 0 Å². The molecular formula is C14H21NO5S. The van der Waals surface area contributed by atoms with E-state index in [0.717, 1.165) is 0 Å². The van der Waals surface area contributed by atoms with Crippen molar-refractivity contribution in [1.82, 2.24) is 5.32 Å². The molecule has 0 saturated heterocycles. The van der Waals surface area contributed by atoms with Gasteiger partial charge in [-0.2, -0.15) is 0 Å². The number of hydrogen-bond donors (Lipinski definition) is 2. The monoisotopic (exact) mass is 315 g/mol. The summed E-state index contributed by atoms with van der Waals surface area (Å²) in [7, 11) is 0. The predicted octanol–water partition coefficient (Wildman–Crippen LogP) is 2.24. The van der Waals surface area contributed by atoms with Crippen LogP contribution in [0.3, 0.4) is 0 Å². The summed E-state index contributed by atoms with van der Waals surface area (Å²) in [5.41, 5.74) is -0.668. The zero-order chi connectivity index (χ0) is 16.0. The third-order valence-corrected chi connectivity index (χ3v) is 3.32. The lowest BCUT2D eigenvalue weighted by Gasteiger charge is -2.25. The van der Waals surface area contributed by atoms with Crippen LogP contribution in [-0.4, -0.2) is 35.5 Å². The number of ether oxygens (including phenoxy) is 2. The highest BCUT2D eigenvalue weighted by atomic mass is 32.1. The molecule has 0 spiro atoms. The molecule has 1 aromatic heterocycles. The summed E-state index contributed by atoms with van der Waals surface area (Å²) in [5, 5.41) is 14.4. The minimum atomic E-state index is -1.49. The molecule has 21 heavy (non-hydrogen) atoms. The van der Waals surface area contributed by atoms with E-state index < -0.39 is 29.8 Å². The lowest BCUT2D eigenvalue weighted by molar-refractivity contribution is -0.154. The molecule has 6 nitrogen and oxygen atoms in total. The van der Waals surface area contributed by atoms with Gasteiger partial charge in [-0.15, -0.1) is 11.3 Å². The van der Waals surface area contributed by atoms with Gasteiger partial charge in [0.15, 0.2) is 6.10 Å². The molecule has 0 aromatic carbocycles. The van der Waals surface area contributed by atoms with E-state index in [1.54, 1.807) is 45.2 Å². The number of aliphatic hydroxyl groups is 1. The van der Waals surface area contributed by atoms with Gasteiger partial charge in [-0.1, -0.05) is 6.07 Å². The smallest absolute Gasteiger partial charge is 0.408 e. The van der Waals surface area contributed by atoms with Gasteiger partial charge >= 0.3 is 12.1 Å². The molecule has 0 aliphatic rings. The van der Waals surface area contributed by atoms with Gasteiger partial charge in [0.2, 0.25) is 0 Å². The van der Waals surface area contributed by atoms with Gasteiger partial charge < -0.3 is 19.9 Å². The van der Waals surface area contributed by atoms with Gasteiger partial charge in [-0.3, -0.25) is 0 Å². The Morgan fingerprint density at radius 2 is 2.10 bits per heavy atom. The van der Waals surface area contributed by atoms with Crippen LogP contribution < -0.4 is 5.32 Å². The second-order valence-electron chi connectivity index (χ2n) is 5.34. The molecule has 0 saturated carbocycles. The van der Waals surface area contributed by atoms with Crippen molar-refractivity contribution < 1.29 is 24.2 Å². The number of nitrogens with one attached hydrogen (secondary N) is 1. The third kappa shape index (κ3) is 5.73. The second kappa shape index (κ2) is 7.42. The summed E-state index contributed by atoms with van der Waals surface area (Å²) in [5.74, 6) is -0.785. The Morgan fingerprint density at radius 1 is 1.43 bits per heavy atom. The van der Waals surface area contributed by atoms with Crippen LogP contribution in [0.15, 0.2) is 17.5 Å². The van der Waals surface area contributed by atoms with Crippen LogP contribution in [0.1, 0.15) is 38.6 Å². The number of rotatable bonds is 5. The lowest BCUT2D eigenvalue weighted by atomic mass is 10.1. The number of carbonyl (C=O) groups excluding carboxylic acids is 2. The molecule has 2 atom stereocenters. The second-order valence-corrected chi connectivity index (χ2v) is 6.32. The third-order valence-electron chi connectivity index (χ3n) is 2.37. The zero-order valence-corrected chi connectivity index (χ0v) is 13.4. The summed E-state index contributed by atoms with van der Waals surface area (Å²) in [6.45, 7) is 6.99. The topological polar surface area (TPSA) is 84.9 Å². The van der Waals surface area contributed by atoms with E-state index in [4.69, 9.17) is 9.47 Å². The normalized spacial score (nSPS) is 14.1. The summed E-state index contributed by atoms with van der Waals surface area (Å²) < 4.78 is 9.94. The standard InChI is InChI=1S/C14H21NO5S/c1-5-19-12(17)11(16)10(9-7-6-8-21-9)15-13(18)20-14(2,3)4/h6-8,10-11,16H,5H2,1-4H3,(H,15,18)/t10-,11-/m1/s1. The average Bonchev–Trinajstić information content (AvgIpc) is 2.86. The molecule has 0 unspecified atom stereocenters. The van der Waals surface area contributed by atoms with Crippen molar-refractivity contribution in [1.29, 1.82) is 0 Å². The fourth-order valence-corrected chi connectivity index (χ4v) is 2.38. The molecule has 1 aromatic rings. The lowest BCUT2D eigenvalue weighted by Crippen LogP contribution is -2.42. The Bertz CT molecular complexity index is 466. The Balaban J connectivity index is 2.84. The van der Waals surface area contributed by atoms with Gasteiger partial charge in [-0.05, 0) is 39.1 Å². The fraction of sp³-hybridized carbons (Fsp3) is 0.571. The molecule has 0 fully saturated rings. The first-order chi connectivity index (χ1) is 9.74. The van der Waals surface area contributed by atoms with E-state index in [1.165, 1.54) is 11.3 Å². The molecule has 1 rings (SSSR count). The van der Waals surface area contributed by atoms with Crippen molar-refractivity contribution in [3.8, 4) is 0 Å². The summed E-state index contributed by atoms with van der Waals surface area (Å²) in [6.07, 6.45) is -2.19. The average molecular weight is 315 g/mol. The first-order valence-electron chi connectivity index (χ1n) is 6.62. The highest BCUT2D eigenvalue weighted by Crippen LogP contribution is 2.23. The predicted molar refractivity (Wildman–Crippen MR) is 79.1 cm³/mol. The van der Waals surface area contributed by atoms with Crippen LogP contribution in [0.5, 0.6) is 0 Å². The van der Waals surface area contributed by atoms with E-state index in [0.29, 0.717) is 4.88 Å². The number of aliphatic hydroxyl groups excluding tert-OH is 1. The molecule has 0 aliphatic carbocycles. The minimum Gasteiger partial charge on any atom is -0.464 e.